The van der Waals surface area contributed by atoms with Gasteiger partial charge in [0.2, 0.25) is 5.76 Å². The Morgan fingerprint density at radius 2 is 2.00 bits per heavy atom. The third kappa shape index (κ3) is 3.24. The number of pyridine rings is 1. The number of aryl methyl sites for hydroxylation is 2. The summed E-state index contributed by atoms with van der Waals surface area (Å²) in [4.78, 5) is 16.3. The van der Waals surface area contributed by atoms with Crippen molar-refractivity contribution in [3.8, 4) is 11.1 Å². The molecule has 2 heterocycles. The lowest BCUT2D eigenvalue weighted by molar-refractivity contribution is 0.0986. The molecule has 0 saturated carbocycles. The van der Waals surface area contributed by atoms with Gasteiger partial charge in [-0.05, 0) is 38.1 Å². The van der Waals surface area contributed by atoms with Crippen molar-refractivity contribution in [1.82, 2.24) is 10.1 Å². The van der Waals surface area contributed by atoms with Crippen molar-refractivity contribution >= 4 is 23.3 Å². The molecule has 1 aromatic carbocycles. The molecule has 0 aliphatic heterocycles. The quantitative estimate of drug-likeness (QED) is 0.780. The molecule has 0 aliphatic rings. The maximum atomic E-state index is 12.0. The van der Waals surface area contributed by atoms with Crippen molar-refractivity contribution in [2.75, 3.05) is 5.32 Å². The van der Waals surface area contributed by atoms with Crippen molar-refractivity contribution in [1.29, 1.82) is 0 Å². The lowest BCUT2D eigenvalue weighted by Gasteiger charge is -2.07. The van der Waals surface area contributed by atoms with Gasteiger partial charge < -0.3 is 9.84 Å². The number of carbonyl (C=O) groups excluding carboxylic acids is 1. The fourth-order valence-electron chi connectivity index (χ4n) is 2.17. The summed E-state index contributed by atoms with van der Waals surface area (Å²) in [6.45, 7) is 3.75. The third-order valence-electron chi connectivity index (χ3n) is 3.39. The highest BCUT2D eigenvalue weighted by Crippen LogP contribution is 2.28. The minimum absolute atomic E-state index is 0.178. The topological polar surface area (TPSA) is 68.0 Å². The average Bonchev–Trinajstić information content (AvgIpc) is 2.97. The van der Waals surface area contributed by atoms with Crippen molar-refractivity contribution in [2.45, 2.75) is 13.8 Å². The molecule has 6 heteroatoms. The SMILES string of the molecule is Cc1ccc(Cl)c(-c2ccc(NC(=O)c3oncc3C)nc2)c1. The van der Waals surface area contributed by atoms with Gasteiger partial charge in [0.25, 0.3) is 5.91 Å². The Hall–Kier alpha value is -2.66. The molecule has 116 valence electrons. The largest absolute Gasteiger partial charge is 0.351 e. The Balaban J connectivity index is 1.81. The number of carbonyl (C=O) groups is 1. The van der Waals surface area contributed by atoms with Gasteiger partial charge in [-0.2, -0.15) is 0 Å². The molecule has 0 aliphatic carbocycles. The summed E-state index contributed by atoms with van der Waals surface area (Å²) in [5.41, 5.74) is 3.57. The molecule has 0 radical (unpaired) electrons. The van der Waals surface area contributed by atoms with Gasteiger partial charge in [0.05, 0.1) is 6.20 Å². The number of halogens is 1. The maximum Gasteiger partial charge on any atom is 0.295 e. The van der Waals surface area contributed by atoms with Gasteiger partial charge in [-0.15, -0.1) is 0 Å². The summed E-state index contributed by atoms with van der Waals surface area (Å²) >= 11 is 6.22. The third-order valence-corrected chi connectivity index (χ3v) is 3.72. The van der Waals surface area contributed by atoms with Gasteiger partial charge in [-0.1, -0.05) is 28.4 Å². The highest BCUT2D eigenvalue weighted by atomic mass is 35.5. The van der Waals surface area contributed by atoms with Crippen molar-refractivity contribution in [3.05, 3.63) is 64.6 Å². The molecule has 0 atom stereocenters. The fraction of sp³-hybridized carbons (Fsp3) is 0.118. The monoisotopic (exact) mass is 327 g/mol. The van der Waals surface area contributed by atoms with Crippen LogP contribution in [0.4, 0.5) is 5.82 Å². The Morgan fingerprint density at radius 1 is 1.17 bits per heavy atom. The van der Waals surface area contributed by atoms with Gasteiger partial charge in [0.15, 0.2) is 0 Å². The van der Waals surface area contributed by atoms with Crippen LogP contribution < -0.4 is 5.32 Å². The molecule has 0 bridgehead atoms. The Kier molecular flexibility index (Phi) is 4.12. The summed E-state index contributed by atoms with van der Waals surface area (Å²) in [7, 11) is 0. The summed E-state index contributed by atoms with van der Waals surface area (Å²) in [6.07, 6.45) is 3.16. The molecule has 0 saturated heterocycles. The van der Waals surface area contributed by atoms with E-state index in [-0.39, 0.29) is 11.7 Å². The van der Waals surface area contributed by atoms with Gasteiger partial charge >= 0.3 is 0 Å². The number of hydrogen-bond acceptors (Lipinski definition) is 4. The first kappa shape index (κ1) is 15.2. The van der Waals surface area contributed by atoms with Crippen LogP contribution in [0.5, 0.6) is 0 Å². The predicted molar refractivity (Wildman–Crippen MR) is 88.6 cm³/mol. The number of hydrogen-bond donors (Lipinski definition) is 1. The molecular weight excluding hydrogens is 314 g/mol. The van der Waals surface area contributed by atoms with Crippen LogP contribution in [0.2, 0.25) is 5.02 Å². The molecule has 3 rings (SSSR count). The second-order valence-electron chi connectivity index (χ2n) is 5.21. The molecular formula is C17H14ClN3O2. The van der Waals surface area contributed by atoms with Gasteiger partial charge in [0.1, 0.15) is 5.82 Å². The first-order valence-electron chi connectivity index (χ1n) is 7.00. The number of amides is 1. The van der Waals surface area contributed by atoms with E-state index in [0.717, 1.165) is 16.7 Å². The number of benzene rings is 1. The molecule has 1 amide bonds. The zero-order valence-corrected chi connectivity index (χ0v) is 13.4. The van der Waals surface area contributed by atoms with Crippen molar-refractivity contribution in [3.63, 3.8) is 0 Å². The van der Waals surface area contributed by atoms with Gasteiger partial charge in [0, 0.05) is 27.9 Å². The second kappa shape index (κ2) is 6.22. The molecule has 23 heavy (non-hydrogen) atoms. The van der Waals surface area contributed by atoms with E-state index in [1.165, 1.54) is 6.20 Å². The van der Waals surface area contributed by atoms with E-state index in [1.807, 2.05) is 31.2 Å². The van der Waals surface area contributed by atoms with E-state index in [9.17, 15) is 4.79 Å². The zero-order valence-electron chi connectivity index (χ0n) is 12.6. The highest BCUT2D eigenvalue weighted by Gasteiger charge is 2.14. The fourth-order valence-corrected chi connectivity index (χ4v) is 2.40. The second-order valence-corrected chi connectivity index (χ2v) is 5.61. The summed E-state index contributed by atoms with van der Waals surface area (Å²) < 4.78 is 4.91. The van der Waals surface area contributed by atoms with Gasteiger partial charge in [-0.3, -0.25) is 4.79 Å². The minimum atomic E-state index is -0.381. The van der Waals surface area contributed by atoms with Crippen molar-refractivity contribution in [2.24, 2.45) is 0 Å². The normalized spacial score (nSPS) is 10.6. The number of nitrogens with zero attached hydrogens (tertiary/aromatic N) is 2. The molecule has 0 unspecified atom stereocenters. The van der Waals surface area contributed by atoms with Crippen LogP contribution in [0.15, 0.2) is 47.2 Å². The van der Waals surface area contributed by atoms with Crippen LogP contribution in [0.25, 0.3) is 11.1 Å². The highest BCUT2D eigenvalue weighted by molar-refractivity contribution is 6.33. The van der Waals surface area contributed by atoms with Crippen LogP contribution in [0, 0.1) is 13.8 Å². The number of anilines is 1. The standard InChI is InChI=1S/C17H14ClN3O2/c1-10-3-5-14(18)13(7-10)12-4-6-15(19-9-12)21-17(22)16-11(2)8-20-23-16/h3-9H,1-2H3,(H,19,21,22). The predicted octanol–water partition coefficient (Wildman–Crippen LogP) is 4.26. The summed E-state index contributed by atoms with van der Waals surface area (Å²) in [6, 6.07) is 9.38. The van der Waals surface area contributed by atoms with E-state index in [4.69, 9.17) is 16.1 Å². The number of rotatable bonds is 3. The van der Waals surface area contributed by atoms with E-state index in [1.54, 1.807) is 19.2 Å². The number of nitrogens with one attached hydrogen (secondary N) is 1. The Morgan fingerprint density at radius 3 is 2.65 bits per heavy atom. The Bertz CT molecular complexity index is 857. The first-order chi connectivity index (χ1) is 11.0. The van der Waals surface area contributed by atoms with E-state index in [2.05, 4.69) is 15.5 Å². The molecule has 0 fully saturated rings. The smallest absolute Gasteiger partial charge is 0.295 e. The lowest BCUT2D eigenvalue weighted by atomic mass is 10.1. The maximum absolute atomic E-state index is 12.0. The van der Waals surface area contributed by atoms with E-state index >= 15 is 0 Å². The van der Waals surface area contributed by atoms with Crippen LogP contribution in [0.3, 0.4) is 0 Å². The van der Waals surface area contributed by atoms with E-state index in [0.29, 0.717) is 16.4 Å². The summed E-state index contributed by atoms with van der Waals surface area (Å²) in [5.74, 6) is 0.227. The van der Waals surface area contributed by atoms with Gasteiger partial charge in [-0.25, -0.2) is 4.98 Å². The average molecular weight is 328 g/mol. The minimum Gasteiger partial charge on any atom is -0.351 e. The molecule has 0 spiro atoms. The van der Waals surface area contributed by atoms with Crippen LogP contribution in [-0.2, 0) is 0 Å². The molecule has 3 aromatic rings. The Labute approximate surface area is 138 Å². The zero-order chi connectivity index (χ0) is 16.4. The van der Waals surface area contributed by atoms with Crippen LogP contribution in [-0.4, -0.2) is 16.0 Å². The lowest BCUT2D eigenvalue weighted by Crippen LogP contribution is -2.13. The molecule has 5 nitrogen and oxygen atoms in total. The molecule has 2 aromatic heterocycles. The van der Waals surface area contributed by atoms with Crippen LogP contribution in [0.1, 0.15) is 21.7 Å². The molecule has 1 N–H and O–H groups in total. The van der Waals surface area contributed by atoms with Crippen molar-refractivity contribution < 1.29 is 9.32 Å². The van der Waals surface area contributed by atoms with E-state index < -0.39 is 0 Å². The summed E-state index contributed by atoms with van der Waals surface area (Å²) in [5, 5.41) is 6.92. The first-order valence-corrected chi connectivity index (χ1v) is 7.37. The van der Waals surface area contributed by atoms with Crippen LogP contribution >= 0.6 is 11.6 Å². The number of aromatic nitrogens is 2.